The first kappa shape index (κ1) is 25.8. The van der Waals surface area contributed by atoms with E-state index in [4.69, 9.17) is 9.47 Å². The van der Waals surface area contributed by atoms with Crippen LogP contribution in [0.25, 0.3) is 12.2 Å². The van der Waals surface area contributed by atoms with Gasteiger partial charge in [0.2, 0.25) is 0 Å². The number of barbiturate groups is 1. The molecule has 0 spiro atoms. The van der Waals surface area contributed by atoms with Crippen LogP contribution >= 0.6 is 0 Å². The van der Waals surface area contributed by atoms with Crippen molar-refractivity contribution in [2.45, 2.75) is 31.7 Å². The normalized spacial score (nSPS) is 23.4. The fourth-order valence-corrected chi connectivity index (χ4v) is 5.57. The Hall–Kier alpha value is -4.80. The van der Waals surface area contributed by atoms with E-state index in [2.05, 4.69) is 5.32 Å². The molecule has 39 heavy (non-hydrogen) atoms. The summed E-state index contributed by atoms with van der Waals surface area (Å²) in [5, 5.41) is 13.2. The van der Waals surface area contributed by atoms with E-state index in [0.717, 1.165) is 31.8 Å². The van der Waals surface area contributed by atoms with Gasteiger partial charge in [0.1, 0.15) is 5.57 Å². The molecule has 3 atom stereocenters. The number of fused-ring (bicyclic) bond motifs is 2. The van der Waals surface area contributed by atoms with Crippen molar-refractivity contribution in [1.29, 1.82) is 0 Å². The van der Waals surface area contributed by atoms with Crippen molar-refractivity contribution in [3.05, 3.63) is 75.4 Å². The van der Waals surface area contributed by atoms with E-state index >= 15 is 0 Å². The van der Waals surface area contributed by atoms with Crippen LogP contribution in [0.2, 0.25) is 0 Å². The molecule has 2 aromatic rings. The van der Waals surface area contributed by atoms with Crippen molar-refractivity contribution in [2.24, 2.45) is 11.8 Å². The molecule has 3 aliphatic rings. The highest BCUT2D eigenvalue weighted by Gasteiger charge is 2.49. The van der Waals surface area contributed by atoms with Crippen LogP contribution in [-0.4, -0.2) is 46.8 Å². The lowest BCUT2D eigenvalue weighted by molar-refractivity contribution is -0.384. The van der Waals surface area contributed by atoms with E-state index in [0.29, 0.717) is 17.0 Å². The SMILES string of the molecule is COc1cc(/C=C2\C(=O)NC(=O)N([C@@H]3C[C@H]4CC[C@H]3C4)C2=O)ccc1OC(=O)/C=C/c1cccc([N+](=O)[O-])c1. The Kier molecular flexibility index (Phi) is 6.97. The maximum Gasteiger partial charge on any atom is 0.336 e. The topological polar surface area (TPSA) is 145 Å². The highest BCUT2D eigenvalue weighted by atomic mass is 16.6. The van der Waals surface area contributed by atoms with Crippen molar-refractivity contribution in [1.82, 2.24) is 10.2 Å². The molecular formula is C28H25N3O8. The van der Waals surface area contributed by atoms with Gasteiger partial charge < -0.3 is 9.47 Å². The average Bonchev–Trinajstić information content (AvgIpc) is 3.54. The lowest BCUT2D eigenvalue weighted by Crippen LogP contribution is -2.58. The highest BCUT2D eigenvalue weighted by molar-refractivity contribution is 6.31. The lowest BCUT2D eigenvalue weighted by atomic mass is 9.93. The predicted molar refractivity (Wildman–Crippen MR) is 138 cm³/mol. The Morgan fingerprint density at radius 2 is 1.90 bits per heavy atom. The second-order valence-electron chi connectivity index (χ2n) is 9.75. The number of hydrogen-bond acceptors (Lipinski definition) is 8. The number of methoxy groups -OCH3 is 1. The van der Waals surface area contributed by atoms with Gasteiger partial charge in [-0.1, -0.05) is 24.6 Å². The summed E-state index contributed by atoms with van der Waals surface area (Å²) in [4.78, 5) is 62.3. The molecule has 5 rings (SSSR count). The lowest BCUT2D eigenvalue weighted by Gasteiger charge is -2.35. The number of carbonyl (C=O) groups excluding carboxylic acids is 4. The molecule has 1 N–H and O–H groups in total. The molecule has 2 saturated carbocycles. The number of carbonyl (C=O) groups is 4. The summed E-state index contributed by atoms with van der Waals surface area (Å²) in [5.74, 6) is -1.11. The third-order valence-electron chi connectivity index (χ3n) is 7.37. The van der Waals surface area contributed by atoms with E-state index in [9.17, 15) is 29.3 Å². The minimum Gasteiger partial charge on any atom is -0.493 e. The number of ether oxygens (including phenoxy) is 2. The van der Waals surface area contributed by atoms with Gasteiger partial charge >= 0.3 is 12.0 Å². The van der Waals surface area contributed by atoms with Crippen molar-refractivity contribution in [2.75, 3.05) is 7.11 Å². The Balaban J connectivity index is 1.32. The maximum atomic E-state index is 13.3. The molecule has 1 aliphatic heterocycles. The molecule has 2 bridgehead atoms. The molecule has 0 aromatic heterocycles. The zero-order valence-corrected chi connectivity index (χ0v) is 21.0. The number of nitro groups is 1. The number of rotatable bonds is 7. The van der Waals surface area contributed by atoms with Gasteiger partial charge in [0.15, 0.2) is 11.5 Å². The third kappa shape index (κ3) is 5.28. The van der Waals surface area contributed by atoms with Crippen molar-refractivity contribution in [3.8, 4) is 11.5 Å². The third-order valence-corrected chi connectivity index (χ3v) is 7.37. The second kappa shape index (κ2) is 10.5. The summed E-state index contributed by atoms with van der Waals surface area (Å²) < 4.78 is 10.7. The van der Waals surface area contributed by atoms with E-state index in [-0.39, 0.29) is 34.7 Å². The standard InChI is InChI=1S/C28H25N3O8/c1-38-24-15-18(6-9-23(24)39-25(32)10-7-16-3-2-4-20(12-16)31(36)37)13-21-26(33)29-28(35)30(27(21)34)22-14-17-5-8-19(22)11-17/h2-4,6-7,9-10,12-13,15,17,19,22H,5,8,11,14H2,1H3,(H,29,33,35)/b10-7+,21-13+/t17-,19-,22+/m0/s1. The number of imide groups is 2. The van der Waals surface area contributed by atoms with Gasteiger partial charge in [-0.05, 0) is 66.5 Å². The quantitative estimate of drug-likeness (QED) is 0.142. The number of nitrogens with zero attached hydrogens (tertiary/aromatic N) is 2. The number of benzene rings is 2. The molecule has 0 unspecified atom stereocenters. The van der Waals surface area contributed by atoms with Crippen LogP contribution in [0.1, 0.15) is 36.8 Å². The Morgan fingerprint density at radius 1 is 1.08 bits per heavy atom. The van der Waals surface area contributed by atoms with Crippen LogP contribution in [0, 0.1) is 22.0 Å². The van der Waals surface area contributed by atoms with E-state index in [1.54, 1.807) is 12.1 Å². The number of hydrogen-bond donors (Lipinski definition) is 1. The van der Waals surface area contributed by atoms with Crippen molar-refractivity contribution in [3.63, 3.8) is 0 Å². The van der Waals surface area contributed by atoms with Crippen LogP contribution in [0.4, 0.5) is 10.5 Å². The van der Waals surface area contributed by atoms with Crippen LogP contribution in [0.5, 0.6) is 11.5 Å². The summed E-state index contributed by atoms with van der Waals surface area (Å²) in [5.41, 5.74) is 0.608. The van der Waals surface area contributed by atoms with E-state index in [1.165, 1.54) is 54.5 Å². The van der Waals surface area contributed by atoms with Gasteiger partial charge in [-0.3, -0.25) is 29.9 Å². The van der Waals surface area contributed by atoms with Gasteiger partial charge in [0.05, 0.1) is 12.0 Å². The average molecular weight is 532 g/mol. The summed E-state index contributed by atoms with van der Waals surface area (Å²) >= 11 is 0. The number of nitrogens with one attached hydrogen (secondary N) is 1. The summed E-state index contributed by atoms with van der Waals surface area (Å²) in [6.07, 6.45) is 7.71. The summed E-state index contributed by atoms with van der Waals surface area (Å²) in [6, 6.07) is 9.38. The molecule has 3 fully saturated rings. The molecule has 4 amide bonds. The summed E-state index contributed by atoms with van der Waals surface area (Å²) in [7, 11) is 1.37. The number of amides is 4. The number of non-ortho nitro benzene ring substituents is 1. The molecular weight excluding hydrogens is 506 g/mol. The molecule has 2 aromatic carbocycles. The monoisotopic (exact) mass is 531 g/mol. The smallest absolute Gasteiger partial charge is 0.336 e. The fraction of sp³-hybridized carbons (Fsp3) is 0.286. The fourth-order valence-electron chi connectivity index (χ4n) is 5.57. The Bertz CT molecular complexity index is 1450. The van der Waals surface area contributed by atoms with Crippen LogP contribution < -0.4 is 14.8 Å². The Labute approximate surface area is 223 Å². The zero-order chi connectivity index (χ0) is 27.7. The molecule has 1 heterocycles. The molecule has 11 nitrogen and oxygen atoms in total. The van der Waals surface area contributed by atoms with Gasteiger partial charge in [-0.2, -0.15) is 0 Å². The van der Waals surface area contributed by atoms with Crippen LogP contribution in [0.15, 0.2) is 54.1 Å². The molecule has 2 aliphatic carbocycles. The first-order valence-electron chi connectivity index (χ1n) is 12.5. The van der Waals surface area contributed by atoms with Crippen LogP contribution in [-0.2, 0) is 14.4 Å². The Morgan fingerprint density at radius 3 is 2.59 bits per heavy atom. The maximum absolute atomic E-state index is 13.3. The van der Waals surface area contributed by atoms with Gasteiger partial charge in [-0.15, -0.1) is 0 Å². The molecule has 11 heteroatoms. The molecule has 0 radical (unpaired) electrons. The van der Waals surface area contributed by atoms with Gasteiger partial charge in [0, 0.05) is 24.3 Å². The second-order valence-corrected chi connectivity index (χ2v) is 9.75. The minimum atomic E-state index is -0.773. The predicted octanol–water partition coefficient (Wildman–Crippen LogP) is 3.87. The van der Waals surface area contributed by atoms with Gasteiger partial charge in [-0.25, -0.2) is 9.59 Å². The largest absolute Gasteiger partial charge is 0.493 e. The first-order chi connectivity index (χ1) is 18.7. The van der Waals surface area contributed by atoms with Crippen molar-refractivity contribution >= 4 is 41.7 Å². The van der Waals surface area contributed by atoms with Crippen molar-refractivity contribution < 1.29 is 33.6 Å². The minimum absolute atomic E-state index is 0.0894. The molecule has 200 valence electrons. The summed E-state index contributed by atoms with van der Waals surface area (Å²) in [6.45, 7) is 0. The van der Waals surface area contributed by atoms with Crippen LogP contribution in [0.3, 0.4) is 0 Å². The number of urea groups is 1. The van der Waals surface area contributed by atoms with E-state index in [1.807, 2.05) is 0 Å². The first-order valence-corrected chi connectivity index (χ1v) is 12.5. The highest BCUT2D eigenvalue weighted by Crippen LogP contribution is 2.47. The number of nitro benzene ring substituents is 1. The zero-order valence-electron chi connectivity index (χ0n) is 21.0. The van der Waals surface area contributed by atoms with E-state index < -0.39 is 28.7 Å². The number of esters is 1. The van der Waals surface area contributed by atoms with Gasteiger partial charge in [0.25, 0.3) is 17.5 Å². The molecule has 1 saturated heterocycles.